The summed E-state index contributed by atoms with van der Waals surface area (Å²) in [7, 11) is 3.25. The summed E-state index contributed by atoms with van der Waals surface area (Å²) in [6.07, 6.45) is 1.05. The molecule has 0 saturated heterocycles. The summed E-state index contributed by atoms with van der Waals surface area (Å²) in [5, 5.41) is 11.8. The number of methoxy groups -OCH3 is 2. The van der Waals surface area contributed by atoms with E-state index in [2.05, 4.69) is 22.4 Å². The topological polar surface area (TPSA) is 56.3 Å². The summed E-state index contributed by atoms with van der Waals surface area (Å²) in [5.74, 6) is 1.36. The van der Waals surface area contributed by atoms with Crippen LogP contribution in [0.3, 0.4) is 0 Å². The molecular weight excluding hydrogens is 266 g/mol. The highest BCUT2D eigenvalue weighted by atomic mass is 16.5. The number of nitrogens with one attached hydrogen (secondary N) is 1. The van der Waals surface area contributed by atoms with Crippen LogP contribution in [0.25, 0.3) is 0 Å². The highest BCUT2D eigenvalue weighted by molar-refractivity contribution is 5.33. The lowest BCUT2D eigenvalue weighted by atomic mass is 10.0. The number of hydrogen-bond donors (Lipinski definition) is 1. The monoisotopic (exact) mass is 287 g/mol. The molecule has 5 nitrogen and oxygen atoms in total. The Labute approximate surface area is 125 Å². The molecule has 0 aliphatic heterocycles. The van der Waals surface area contributed by atoms with E-state index in [4.69, 9.17) is 9.47 Å². The second-order valence-corrected chi connectivity index (χ2v) is 4.66. The molecule has 5 heteroatoms. The van der Waals surface area contributed by atoms with Crippen molar-refractivity contribution in [1.29, 1.82) is 0 Å². The maximum atomic E-state index is 5.20. The van der Waals surface area contributed by atoms with Crippen molar-refractivity contribution in [2.45, 2.75) is 19.4 Å². The van der Waals surface area contributed by atoms with Crippen LogP contribution in [-0.2, 0) is 0 Å². The first-order chi connectivity index (χ1) is 10.3. The van der Waals surface area contributed by atoms with Crippen LogP contribution in [0.1, 0.15) is 30.6 Å². The van der Waals surface area contributed by atoms with Crippen molar-refractivity contribution in [3.05, 3.63) is 47.7 Å². The quantitative estimate of drug-likeness (QED) is 0.848. The SMILES string of the molecule is CCCNC(c1ccc(OC)cc1)c1ccc(OC)nn1. The Bertz CT molecular complexity index is 493. The van der Waals surface area contributed by atoms with Crippen molar-refractivity contribution in [2.75, 3.05) is 20.8 Å². The molecule has 0 fully saturated rings. The predicted octanol–water partition coefficient (Wildman–Crippen LogP) is 2.58. The molecule has 2 aromatic rings. The van der Waals surface area contributed by atoms with Crippen molar-refractivity contribution in [2.24, 2.45) is 0 Å². The third-order valence-electron chi connectivity index (χ3n) is 3.21. The Balaban J connectivity index is 2.26. The molecule has 0 spiro atoms. The fourth-order valence-electron chi connectivity index (χ4n) is 2.07. The van der Waals surface area contributed by atoms with Gasteiger partial charge in [-0.3, -0.25) is 0 Å². The Hall–Kier alpha value is -2.14. The van der Waals surface area contributed by atoms with Crippen LogP contribution >= 0.6 is 0 Å². The summed E-state index contributed by atoms with van der Waals surface area (Å²) < 4.78 is 10.3. The molecule has 1 heterocycles. The van der Waals surface area contributed by atoms with Crippen molar-refractivity contribution < 1.29 is 9.47 Å². The largest absolute Gasteiger partial charge is 0.497 e. The Morgan fingerprint density at radius 2 is 1.76 bits per heavy atom. The maximum Gasteiger partial charge on any atom is 0.233 e. The summed E-state index contributed by atoms with van der Waals surface area (Å²) in [6.45, 7) is 3.04. The van der Waals surface area contributed by atoms with Crippen LogP contribution in [0.2, 0.25) is 0 Å². The predicted molar refractivity (Wildman–Crippen MR) is 81.7 cm³/mol. The molecule has 0 bridgehead atoms. The van der Waals surface area contributed by atoms with Crippen molar-refractivity contribution in [1.82, 2.24) is 15.5 Å². The highest BCUT2D eigenvalue weighted by Crippen LogP contribution is 2.23. The van der Waals surface area contributed by atoms with Crippen LogP contribution in [0.4, 0.5) is 0 Å². The zero-order valence-corrected chi connectivity index (χ0v) is 12.7. The molecule has 2 rings (SSSR count). The van der Waals surface area contributed by atoms with Crippen LogP contribution in [-0.4, -0.2) is 31.0 Å². The van der Waals surface area contributed by atoms with E-state index in [0.29, 0.717) is 5.88 Å². The van der Waals surface area contributed by atoms with Gasteiger partial charge in [0.25, 0.3) is 0 Å². The summed E-state index contributed by atoms with van der Waals surface area (Å²) in [4.78, 5) is 0. The molecule has 1 atom stereocenters. The molecule has 1 unspecified atom stereocenters. The molecule has 0 amide bonds. The van der Waals surface area contributed by atoms with E-state index in [1.807, 2.05) is 36.4 Å². The standard InChI is InChI=1S/C16H21N3O2/c1-4-11-17-16(12-5-7-13(20-2)8-6-12)14-9-10-15(21-3)19-18-14/h5-10,16-17H,4,11H2,1-3H3. The van der Waals surface area contributed by atoms with E-state index in [1.165, 1.54) is 0 Å². The second-order valence-electron chi connectivity index (χ2n) is 4.66. The fourth-order valence-corrected chi connectivity index (χ4v) is 2.07. The summed E-state index contributed by atoms with van der Waals surface area (Å²) in [5.41, 5.74) is 2.00. The van der Waals surface area contributed by atoms with Gasteiger partial charge in [0.15, 0.2) is 0 Å². The van der Waals surface area contributed by atoms with Crippen LogP contribution in [0.5, 0.6) is 11.6 Å². The molecule has 1 aromatic heterocycles. The van der Waals surface area contributed by atoms with Crippen molar-refractivity contribution in [3.63, 3.8) is 0 Å². The average Bonchev–Trinajstić information content (AvgIpc) is 2.56. The molecule has 0 radical (unpaired) electrons. The Kier molecular flexibility index (Phi) is 5.51. The zero-order valence-electron chi connectivity index (χ0n) is 12.7. The molecule has 0 aliphatic rings. The number of hydrogen-bond acceptors (Lipinski definition) is 5. The van der Waals surface area contributed by atoms with Gasteiger partial charge < -0.3 is 14.8 Å². The number of rotatable bonds is 7. The molecular formula is C16H21N3O2. The third kappa shape index (κ3) is 3.92. The number of benzene rings is 1. The van der Waals surface area contributed by atoms with E-state index in [9.17, 15) is 0 Å². The van der Waals surface area contributed by atoms with E-state index in [1.54, 1.807) is 14.2 Å². The van der Waals surface area contributed by atoms with Crippen molar-refractivity contribution >= 4 is 0 Å². The van der Waals surface area contributed by atoms with Crippen molar-refractivity contribution in [3.8, 4) is 11.6 Å². The van der Waals surface area contributed by atoms with E-state index < -0.39 is 0 Å². The lowest BCUT2D eigenvalue weighted by Crippen LogP contribution is -2.24. The van der Waals surface area contributed by atoms with Gasteiger partial charge in [0.2, 0.25) is 5.88 Å². The lowest BCUT2D eigenvalue weighted by Gasteiger charge is -2.18. The highest BCUT2D eigenvalue weighted by Gasteiger charge is 2.15. The van der Waals surface area contributed by atoms with Crippen LogP contribution in [0, 0.1) is 0 Å². The van der Waals surface area contributed by atoms with Gasteiger partial charge in [-0.15, -0.1) is 10.2 Å². The van der Waals surface area contributed by atoms with E-state index in [-0.39, 0.29) is 6.04 Å². The minimum absolute atomic E-state index is 0.00858. The Morgan fingerprint density at radius 1 is 1.00 bits per heavy atom. The first-order valence-electron chi connectivity index (χ1n) is 7.03. The first-order valence-corrected chi connectivity index (χ1v) is 7.03. The molecule has 1 N–H and O–H groups in total. The summed E-state index contributed by atoms with van der Waals surface area (Å²) >= 11 is 0. The average molecular weight is 287 g/mol. The van der Waals surface area contributed by atoms with Gasteiger partial charge >= 0.3 is 0 Å². The van der Waals surface area contributed by atoms with Gasteiger partial charge in [-0.25, -0.2) is 0 Å². The second kappa shape index (κ2) is 7.59. The molecule has 112 valence electrons. The minimum atomic E-state index is 0.00858. The van der Waals surface area contributed by atoms with Gasteiger partial charge in [0.05, 0.1) is 26.0 Å². The van der Waals surface area contributed by atoms with Gasteiger partial charge in [-0.2, -0.15) is 0 Å². The number of ether oxygens (including phenoxy) is 2. The lowest BCUT2D eigenvalue weighted by molar-refractivity contribution is 0.390. The minimum Gasteiger partial charge on any atom is -0.497 e. The third-order valence-corrected chi connectivity index (χ3v) is 3.21. The van der Waals surface area contributed by atoms with Crippen LogP contribution < -0.4 is 14.8 Å². The molecule has 0 aliphatic carbocycles. The fraction of sp³-hybridized carbons (Fsp3) is 0.375. The maximum absolute atomic E-state index is 5.20. The summed E-state index contributed by atoms with van der Waals surface area (Å²) in [6, 6.07) is 11.8. The zero-order chi connectivity index (χ0) is 15.1. The molecule has 21 heavy (non-hydrogen) atoms. The van der Waals surface area contributed by atoms with E-state index >= 15 is 0 Å². The van der Waals surface area contributed by atoms with Gasteiger partial charge in [-0.05, 0) is 36.7 Å². The first kappa shape index (κ1) is 15.3. The molecule has 0 saturated carbocycles. The number of nitrogens with zero attached hydrogens (tertiary/aromatic N) is 2. The van der Waals surface area contributed by atoms with E-state index in [0.717, 1.165) is 30.0 Å². The Morgan fingerprint density at radius 3 is 2.29 bits per heavy atom. The number of aromatic nitrogens is 2. The van der Waals surface area contributed by atoms with Gasteiger partial charge in [0.1, 0.15) is 5.75 Å². The van der Waals surface area contributed by atoms with Crippen LogP contribution in [0.15, 0.2) is 36.4 Å². The van der Waals surface area contributed by atoms with Gasteiger partial charge in [-0.1, -0.05) is 19.1 Å². The van der Waals surface area contributed by atoms with Gasteiger partial charge in [0, 0.05) is 6.07 Å². The normalized spacial score (nSPS) is 12.0. The molecule has 1 aromatic carbocycles. The smallest absolute Gasteiger partial charge is 0.233 e.